The first-order chi connectivity index (χ1) is 7.58. The van der Waals surface area contributed by atoms with E-state index in [4.69, 9.17) is 0 Å². The average molecular weight is 243 g/mol. The fourth-order valence-corrected chi connectivity index (χ4v) is 4.68. The Bertz CT molecular complexity index is 266. The summed E-state index contributed by atoms with van der Waals surface area (Å²) in [5.74, 6) is 1.14. The molecule has 0 saturated carbocycles. The zero-order valence-corrected chi connectivity index (χ0v) is 10.9. The molecule has 0 bridgehead atoms. The molecule has 2 saturated heterocycles. The van der Waals surface area contributed by atoms with Gasteiger partial charge >= 0.3 is 5.97 Å². The number of aliphatic carboxylic acids is 1. The van der Waals surface area contributed by atoms with Crippen molar-refractivity contribution in [1.29, 1.82) is 0 Å². The standard InChI is InChI=1S/C12H21NO2S/c1-9-4-3-5-10(2)13(9)12(11(14)15)6-7-16-8-12/h9-10H,3-8H2,1-2H3,(H,14,15). The molecular formula is C12H21NO2S. The Kier molecular flexibility index (Phi) is 3.50. The Hall–Kier alpha value is -0.220. The largest absolute Gasteiger partial charge is 0.480 e. The highest BCUT2D eigenvalue weighted by molar-refractivity contribution is 7.99. The summed E-state index contributed by atoms with van der Waals surface area (Å²) < 4.78 is 0. The molecule has 2 aliphatic heterocycles. The maximum Gasteiger partial charge on any atom is 0.325 e. The Balaban J connectivity index is 2.27. The second-order valence-electron chi connectivity index (χ2n) is 5.18. The van der Waals surface area contributed by atoms with E-state index in [2.05, 4.69) is 18.7 Å². The van der Waals surface area contributed by atoms with Crippen molar-refractivity contribution in [3.8, 4) is 0 Å². The van der Waals surface area contributed by atoms with Crippen LogP contribution in [0.3, 0.4) is 0 Å². The van der Waals surface area contributed by atoms with Gasteiger partial charge < -0.3 is 5.11 Å². The number of carbonyl (C=O) groups is 1. The van der Waals surface area contributed by atoms with Gasteiger partial charge in [0.1, 0.15) is 5.54 Å². The molecule has 0 aromatic heterocycles. The van der Waals surface area contributed by atoms with Gasteiger partial charge in [0.05, 0.1) is 0 Å². The van der Waals surface area contributed by atoms with Gasteiger partial charge in [0, 0.05) is 17.8 Å². The zero-order valence-electron chi connectivity index (χ0n) is 10.1. The highest BCUT2D eigenvalue weighted by Gasteiger charge is 2.50. The highest BCUT2D eigenvalue weighted by atomic mass is 32.2. The minimum absolute atomic E-state index is 0.415. The number of rotatable bonds is 2. The average Bonchev–Trinajstić information content (AvgIpc) is 2.67. The Morgan fingerprint density at radius 1 is 1.38 bits per heavy atom. The van der Waals surface area contributed by atoms with Crippen molar-refractivity contribution in [3.63, 3.8) is 0 Å². The van der Waals surface area contributed by atoms with Gasteiger partial charge in [-0.2, -0.15) is 11.8 Å². The molecule has 0 aromatic rings. The van der Waals surface area contributed by atoms with Crippen LogP contribution < -0.4 is 0 Å². The lowest BCUT2D eigenvalue weighted by Gasteiger charge is -2.48. The SMILES string of the molecule is CC1CCCC(C)N1C1(C(=O)O)CCSC1. The number of nitrogens with zero attached hydrogens (tertiary/aromatic N) is 1. The van der Waals surface area contributed by atoms with Crippen molar-refractivity contribution in [2.45, 2.75) is 57.2 Å². The molecule has 2 heterocycles. The second-order valence-corrected chi connectivity index (χ2v) is 6.28. The molecule has 3 atom stereocenters. The van der Waals surface area contributed by atoms with Crippen LogP contribution in [0.15, 0.2) is 0 Å². The van der Waals surface area contributed by atoms with E-state index >= 15 is 0 Å². The zero-order chi connectivity index (χ0) is 11.8. The Morgan fingerprint density at radius 3 is 2.44 bits per heavy atom. The van der Waals surface area contributed by atoms with Crippen LogP contribution in [0.1, 0.15) is 39.5 Å². The number of thioether (sulfide) groups is 1. The summed E-state index contributed by atoms with van der Waals surface area (Å²) in [4.78, 5) is 13.9. The molecule has 4 heteroatoms. The number of carboxylic acids is 1. The van der Waals surface area contributed by atoms with E-state index in [9.17, 15) is 9.90 Å². The quantitative estimate of drug-likeness (QED) is 0.807. The minimum atomic E-state index is -0.613. The maximum atomic E-state index is 11.7. The first-order valence-corrected chi connectivity index (χ1v) is 7.33. The van der Waals surface area contributed by atoms with Gasteiger partial charge in [-0.1, -0.05) is 6.42 Å². The molecular weight excluding hydrogens is 222 g/mol. The maximum absolute atomic E-state index is 11.7. The summed E-state index contributed by atoms with van der Waals surface area (Å²) in [5.41, 5.74) is -0.579. The molecule has 16 heavy (non-hydrogen) atoms. The lowest BCUT2D eigenvalue weighted by Crippen LogP contribution is -2.62. The van der Waals surface area contributed by atoms with Gasteiger partial charge in [-0.05, 0) is 38.9 Å². The van der Waals surface area contributed by atoms with Crippen LogP contribution in [0.25, 0.3) is 0 Å². The Labute approximate surface area is 102 Å². The summed E-state index contributed by atoms with van der Waals surface area (Å²) in [6.07, 6.45) is 4.33. The molecule has 0 spiro atoms. The van der Waals surface area contributed by atoms with Gasteiger partial charge in [0.25, 0.3) is 0 Å². The first kappa shape index (κ1) is 12.2. The fraction of sp³-hybridized carbons (Fsp3) is 0.917. The van der Waals surface area contributed by atoms with Gasteiger partial charge in [0.15, 0.2) is 0 Å². The predicted octanol–water partition coefficient (Wildman–Crippen LogP) is 2.21. The molecule has 2 aliphatic rings. The Morgan fingerprint density at radius 2 is 2.00 bits per heavy atom. The van der Waals surface area contributed by atoms with Crippen LogP contribution in [0.5, 0.6) is 0 Å². The number of hydrogen-bond acceptors (Lipinski definition) is 3. The van der Waals surface area contributed by atoms with Gasteiger partial charge in [-0.3, -0.25) is 9.69 Å². The molecule has 2 rings (SSSR count). The van der Waals surface area contributed by atoms with Crippen molar-refractivity contribution in [1.82, 2.24) is 4.90 Å². The normalized spacial score (nSPS) is 41.1. The van der Waals surface area contributed by atoms with E-state index in [1.165, 1.54) is 6.42 Å². The van der Waals surface area contributed by atoms with E-state index < -0.39 is 11.5 Å². The summed E-state index contributed by atoms with van der Waals surface area (Å²) in [5, 5.41) is 9.60. The third kappa shape index (κ3) is 1.86. The monoisotopic (exact) mass is 243 g/mol. The first-order valence-electron chi connectivity index (χ1n) is 6.17. The topological polar surface area (TPSA) is 40.5 Å². The van der Waals surface area contributed by atoms with E-state index in [0.717, 1.165) is 30.8 Å². The van der Waals surface area contributed by atoms with Crippen LogP contribution in [0, 0.1) is 0 Å². The smallest absolute Gasteiger partial charge is 0.325 e. The van der Waals surface area contributed by atoms with Gasteiger partial charge in [-0.15, -0.1) is 0 Å². The minimum Gasteiger partial charge on any atom is -0.480 e. The highest BCUT2D eigenvalue weighted by Crippen LogP contribution is 2.39. The lowest BCUT2D eigenvalue weighted by molar-refractivity contribution is -0.155. The van der Waals surface area contributed by atoms with E-state index in [-0.39, 0.29) is 0 Å². The van der Waals surface area contributed by atoms with Crippen LogP contribution in [-0.4, -0.2) is 45.1 Å². The fourth-order valence-electron chi connectivity index (χ4n) is 3.30. The molecule has 3 unspecified atom stereocenters. The number of likely N-dealkylation sites (tertiary alicyclic amines) is 1. The van der Waals surface area contributed by atoms with Crippen molar-refractivity contribution < 1.29 is 9.90 Å². The van der Waals surface area contributed by atoms with Crippen molar-refractivity contribution in [2.24, 2.45) is 0 Å². The summed E-state index contributed by atoms with van der Waals surface area (Å²) in [6.45, 7) is 4.37. The number of carboxylic acid groups (broad SMARTS) is 1. The van der Waals surface area contributed by atoms with Crippen molar-refractivity contribution >= 4 is 17.7 Å². The third-order valence-electron chi connectivity index (χ3n) is 4.09. The second kappa shape index (κ2) is 4.57. The van der Waals surface area contributed by atoms with Crippen molar-refractivity contribution in [2.75, 3.05) is 11.5 Å². The van der Waals surface area contributed by atoms with Gasteiger partial charge in [0.2, 0.25) is 0 Å². The van der Waals surface area contributed by atoms with Crippen LogP contribution in [-0.2, 0) is 4.79 Å². The van der Waals surface area contributed by atoms with Crippen LogP contribution in [0.4, 0.5) is 0 Å². The van der Waals surface area contributed by atoms with Crippen LogP contribution in [0.2, 0.25) is 0 Å². The van der Waals surface area contributed by atoms with E-state index in [1.54, 1.807) is 11.8 Å². The molecule has 3 nitrogen and oxygen atoms in total. The lowest BCUT2D eigenvalue weighted by atomic mass is 9.87. The van der Waals surface area contributed by atoms with Crippen LogP contribution >= 0.6 is 11.8 Å². The molecule has 0 radical (unpaired) electrons. The molecule has 92 valence electrons. The summed E-state index contributed by atoms with van der Waals surface area (Å²) in [7, 11) is 0. The summed E-state index contributed by atoms with van der Waals surface area (Å²) in [6, 6.07) is 0.831. The molecule has 2 fully saturated rings. The third-order valence-corrected chi connectivity index (χ3v) is 5.26. The van der Waals surface area contributed by atoms with Gasteiger partial charge in [-0.25, -0.2) is 0 Å². The molecule has 0 aromatic carbocycles. The predicted molar refractivity (Wildman–Crippen MR) is 66.9 cm³/mol. The molecule has 0 amide bonds. The van der Waals surface area contributed by atoms with E-state index in [0.29, 0.717) is 12.1 Å². The van der Waals surface area contributed by atoms with E-state index in [1.807, 2.05) is 0 Å². The number of hydrogen-bond donors (Lipinski definition) is 1. The van der Waals surface area contributed by atoms with Crippen molar-refractivity contribution in [3.05, 3.63) is 0 Å². The summed E-state index contributed by atoms with van der Waals surface area (Å²) >= 11 is 1.78. The molecule has 1 N–H and O–H groups in total. The molecule has 0 aliphatic carbocycles. The number of piperidine rings is 1.